The Kier molecular flexibility index (Phi) is 3.93. The number of esters is 1. The van der Waals surface area contributed by atoms with E-state index in [0.717, 1.165) is 12.2 Å². The van der Waals surface area contributed by atoms with Crippen LogP contribution in [-0.2, 0) is 9.53 Å². The van der Waals surface area contributed by atoms with Crippen LogP contribution < -0.4 is 0 Å². The highest BCUT2D eigenvalue weighted by Crippen LogP contribution is 2.28. The summed E-state index contributed by atoms with van der Waals surface area (Å²) in [4.78, 5) is 11.3. The monoisotopic (exact) mass is 232 g/mol. The first kappa shape index (κ1) is 12.5. The molecular formula is C11H11F3O2. The Morgan fingerprint density at radius 3 is 2.69 bits per heavy atom. The third-order valence-corrected chi connectivity index (χ3v) is 1.96. The molecule has 2 nitrogen and oxygen atoms in total. The van der Waals surface area contributed by atoms with Gasteiger partial charge < -0.3 is 4.74 Å². The Hall–Kier alpha value is -1.52. The van der Waals surface area contributed by atoms with Crippen molar-refractivity contribution in [1.82, 2.24) is 0 Å². The predicted octanol–water partition coefficient (Wildman–Crippen LogP) is 2.78. The van der Waals surface area contributed by atoms with E-state index in [2.05, 4.69) is 0 Å². The van der Waals surface area contributed by atoms with E-state index in [0.29, 0.717) is 0 Å². The number of carbonyl (C=O) groups is 1. The molecule has 0 aromatic carbocycles. The van der Waals surface area contributed by atoms with Crippen LogP contribution >= 0.6 is 0 Å². The maximum Gasteiger partial charge on any atom is 0.416 e. The number of allylic oxidation sites excluding steroid dienone is 4. The summed E-state index contributed by atoms with van der Waals surface area (Å²) < 4.78 is 41.7. The molecule has 88 valence electrons. The van der Waals surface area contributed by atoms with Crippen LogP contribution in [0, 0.1) is 5.92 Å². The molecule has 16 heavy (non-hydrogen) atoms. The van der Waals surface area contributed by atoms with Gasteiger partial charge in [0.2, 0.25) is 0 Å². The van der Waals surface area contributed by atoms with E-state index < -0.39 is 23.6 Å². The summed E-state index contributed by atoms with van der Waals surface area (Å²) in [5.41, 5.74) is -0.782. The van der Waals surface area contributed by atoms with Crippen molar-refractivity contribution in [2.24, 2.45) is 5.92 Å². The molecule has 0 saturated carbocycles. The van der Waals surface area contributed by atoms with Gasteiger partial charge in [-0.1, -0.05) is 30.4 Å². The van der Waals surface area contributed by atoms with Crippen molar-refractivity contribution in [2.45, 2.75) is 13.1 Å². The molecule has 1 aliphatic carbocycles. The average molecular weight is 232 g/mol. The van der Waals surface area contributed by atoms with Gasteiger partial charge in [-0.05, 0) is 6.92 Å². The first-order chi connectivity index (χ1) is 7.45. The fraction of sp³-hybridized carbons (Fsp3) is 0.364. The Bertz CT molecular complexity index is 351. The van der Waals surface area contributed by atoms with E-state index in [1.807, 2.05) is 0 Å². The van der Waals surface area contributed by atoms with Crippen LogP contribution in [0.1, 0.15) is 6.92 Å². The van der Waals surface area contributed by atoms with E-state index in [1.54, 1.807) is 6.92 Å². The number of carbonyl (C=O) groups excluding carboxylic acids is 1. The summed E-state index contributed by atoms with van der Waals surface area (Å²) in [5.74, 6) is -1.30. The molecule has 1 atom stereocenters. The smallest absolute Gasteiger partial charge is 0.416 e. The largest absolute Gasteiger partial charge is 0.465 e. The lowest BCUT2D eigenvalue weighted by atomic mass is 10.1. The Balaban J connectivity index is 2.78. The molecule has 0 aliphatic heterocycles. The van der Waals surface area contributed by atoms with Gasteiger partial charge in [0.25, 0.3) is 0 Å². The van der Waals surface area contributed by atoms with Crippen LogP contribution in [0.2, 0.25) is 0 Å². The van der Waals surface area contributed by atoms with Crippen molar-refractivity contribution in [2.75, 3.05) is 6.61 Å². The zero-order valence-electron chi connectivity index (χ0n) is 8.62. The molecule has 0 saturated heterocycles. The van der Waals surface area contributed by atoms with Crippen LogP contribution in [0.15, 0.2) is 36.0 Å². The molecule has 0 fully saturated rings. The maximum atomic E-state index is 12.3. The lowest BCUT2D eigenvalue weighted by Crippen LogP contribution is -2.14. The van der Waals surface area contributed by atoms with Crippen molar-refractivity contribution < 1.29 is 22.7 Å². The minimum Gasteiger partial charge on any atom is -0.465 e. The maximum absolute atomic E-state index is 12.3. The normalized spacial score (nSPS) is 20.2. The summed E-state index contributed by atoms with van der Waals surface area (Å²) >= 11 is 0. The van der Waals surface area contributed by atoms with E-state index in [4.69, 9.17) is 4.74 Å². The molecule has 0 heterocycles. The van der Waals surface area contributed by atoms with E-state index >= 15 is 0 Å². The van der Waals surface area contributed by atoms with Gasteiger partial charge in [-0.2, -0.15) is 13.2 Å². The molecular weight excluding hydrogens is 221 g/mol. The predicted molar refractivity (Wildman–Crippen MR) is 52.5 cm³/mol. The lowest BCUT2D eigenvalue weighted by Gasteiger charge is -2.07. The Labute approximate surface area is 91.1 Å². The number of hydrogen-bond donors (Lipinski definition) is 0. The van der Waals surface area contributed by atoms with E-state index in [9.17, 15) is 18.0 Å². The topological polar surface area (TPSA) is 26.3 Å². The van der Waals surface area contributed by atoms with Gasteiger partial charge in [0.15, 0.2) is 0 Å². The summed E-state index contributed by atoms with van der Waals surface area (Å²) in [6.45, 7) is 1.85. The Morgan fingerprint density at radius 2 is 2.12 bits per heavy atom. The molecule has 1 aliphatic rings. The molecule has 1 unspecified atom stereocenters. The second-order valence-electron chi connectivity index (χ2n) is 3.14. The highest BCUT2D eigenvalue weighted by Gasteiger charge is 2.32. The molecule has 0 bridgehead atoms. The number of halogens is 3. The van der Waals surface area contributed by atoms with Crippen molar-refractivity contribution in [3.05, 3.63) is 36.0 Å². The van der Waals surface area contributed by atoms with Crippen LogP contribution in [-0.4, -0.2) is 18.8 Å². The van der Waals surface area contributed by atoms with Gasteiger partial charge in [-0.25, -0.2) is 0 Å². The number of rotatable bonds is 2. The Morgan fingerprint density at radius 1 is 1.44 bits per heavy atom. The molecule has 0 aromatic rings. The lowest BCUT2D eigenvalue weighted by molar-refractivity contribution is -0.144. The third-order valence-electron chi connectivity index (χ3n) is 1.96. The zero-order valence-corrected chi connectivity index (χ0v) is 8.62. The molecule has 5 heteroatoms. The highest BCUT2D eigenvalue weighted by molar-refractivity contribution is 5.77. The van der Waals surface area contributed by atoms with Crippen molar-refractivity contribution in [3.63, 3.8) is 0 Å². The molecule has 0 N–H and O–H groups in total. The minimum absolute atomic E-state index is 0.205. The standard InChI is InChI=1S/C11H11F3O2/c1-2-16-10(15)8-4-3-5-9(7-6-8)11(12,13)14/h3-8H,2H2,1H3. The van der Waals surface area contributed by atoms with Gasteiger partial charge in [0.05, 0.1) is 18.1 Å². The van der Waals surface area contributed by atoms with Crippen molar-refractivity contribution in [1.29, 1.82) is 0 Å². The second kappa shape index (κ2) is 5.01. The number of ether oxygens (including phenoxy) is 1. The molecule has 0 aromatic heterocycles. The van der Waals surface area contributed by atoms with Crippen molar-refractivity contribution >= 4 is 5.97 Å². The van der Waals surface area contributed by atoms with Crippen LogP contribution in [0.4, 0.5) is 13.2 Å². The second-order valence-corrected chi connectivity index (χ2v) is 3.14. The van der Waals surface area contributed by atoms with E-state index in [1.165, 1.54) is 18.2 Å². The van der Waals surface area contributed by atoms with Gasteiger partial charge in [-0.3, -0.25) is 4.79 Å². The third kappa shape index (κ3) is 3.25. The van der Waals surface area contributed by atoms with Crippen LogP contribution in [0.3, 0.4) is 0 Å². The summed E-state index contributed by atoms with van der Waals surface area (Å²) in [5, 5.41) is 0. The van der Waals surface area contributed by atoms with Gasteiger partial charge in [0.1, 0.15) is 0 Å². The average Bonchev–Trinajstić information content (AvgIpc) is 2.41. The van der Waals surface area contributed by atoms with Crippen LogP contribution in [0.25, 0.3) is 0 Å². The van der Waals surface area contributed by atoms with Crippen molar-refractivity contribution in [3.8, 4) is 0 Å². The number of alkyl halides is 3. The van der Waals surface area contributed by atoms with Gasteiger partial charge in [0, 0.05) is 0 Å². The summed E-state index contributed by atoms with van der Waals surface area (Å²) in [6, 6.07) is 0. The summed E-state index contributed by atoms with van der Waals surface area (Å²) in [6.07, 6.45) is 1.18. The molecule has 0 radical (unpaired) electrons. The van der Waals surface area contributed by atoms with E-state index in [-0.39, 0.29) is 6.61 Å². The first-order valence-corrected chi connectivity index (χ1v) is 4.75. The van der Waals surface area contributed by atoms with Crippen LogP contribution in [0.5, 0.6) is 0 Å². The molecule has 0 spiro atoms. The summed E-state index contributed by atoms with van der Waals surface area (Å²) in [7, 11) is 0. The highest BCUT2D eigenvalue weighted by atomic mass is 19.4. The number of hydrogen-bond acceptors (Lipinski definition) is 2. The molecule has 1 rings (SSSR count). The fourth-order valence-electron chi connectivity index (χ4n) is 1.19. The first-order valence-electron chi connectivity index (χ1n) is 4.75. The molecule has 0 amide bonds. The quantitative estimate of drug-likeness (QED) is 0.684. The fourth-order valence-corrected chi connectivity index (χ4v) is 1.19. The SMILES string of the molecule is CCOC(=O)C1C=CC=C(C(F)(F)F)C=C1. The van der Waals surface area contributed by atoms with Gasteiger partial charge in [-0.15, -0.1) is 0 Å². The zero-order chi connectivity index (χ0) is 12.2. The van der Waals surface area contributed by atoms with Gasteiger partial charge >= 0.3 is 12.1 Å². The minimum atomic E-state index is -4.40.